The lowest BCUT2D eigenvalue weighted by molar-refractivity contribution is -0.118. The Labute approximate surface area is 152 Å². The second kappa shape index (κ2) is 5.02. The summed E-state index contributed by atoms with van der Waals surface area (Å²) in [6.45, 7) is 6.43. The molecule has 3 heterocycles. The van der Waals surface area contributed by atoms with Gasteiger partial charge in [0.05, 0.1) is 5.41 Å². The van der Waals surface area contributed by atoms with E-state index < -0.39 is 5.41 Å². The van der Waals surface area contributed by atoms with Crippen molar-refractivity contribution in [2.24, 2.45) is 5.41 Å². The highest BCUT2D eigenvalue weighted by Gasteiger charge is 2.51. The van der Waals surface area contributed by atoms with Crippen LogP contribution in [0.15, 0.2) is 30.0 Å². The average Bonchev–Trinajstić information content (AvgIpc) is 3.34. The maximum Gasteiger partial charge on any atom is 0.162 e. The lowest BCUT2D eigenvalue weighted by Gasteiger charge is -2.43. The highest BCUT2D eigenvalue weighted by Crippen LogP contribution is 2.55. The Morgan fingerprint density at radius 2 is 1.85 bits per heavy atom. The Morgan fingerprint density at radius 3 is 2.54 bits per heavy atom. The van der Waals surface area contributed by atoms with Crippen LogP contribution < -0.4 is 5.32 Å². The molecule has 1 unspecified atom stereocenters. The summed E-state index contributed by atoms with van der Waals surface area (Å²) >= 11 is 0. The number of anilines is 1. The van der Waals surface area contributed by atoms with Gasteiger partial charge in [-0.2, -0.15) is 5.10 Å². The maximum absolute atomic E-state index is 13.3. The van der Waals surface area contributed by atoms with Crippen LogP contribution in [0.5, 0.6) is 0 Å². The molecular formula is C20H23N5O. The van der Waals surface area contributed by atoms with E-state index in [9.17, 15) is 4.79 Å². The van der Waals surface area contributed by atoms with Gasteiger partial charge in [-0.15, -0.1) is 0 Å². The molecule has 2 aliphatic carbocycles. The SMILES string of the molecule is CC1(C)CC(=O)C2=C(C1)Nc1n[nH]c(C3CC3)c1C2(C)c1cncnc1. The molecule has 6 nitrogen and oxygen atoms in total. The molecule has 134 valence electrons. The highest BCUT2D eigenvalue weighted by molar-refractivity contribution is 6.02. The minimum absolute atomic E-state index is 0.0514. The van der Waals surface area contributed by atoms with E-state index in [-0.39, 0.29) is 11.2 Å². The Hall–Kier alpha value is -2.50. The third kappa shape index (κ3) is 2.11. The molecule has 2 aromatic heterocycles. The van der Waals surface area contributed by atoms with Gasteiger partial charge in [-0.05, 0) is 31.6 Å². The van der Waals surface area contributed by atoms with E-state index in [0.717, 1.165) is 40.3 Å². The summed E-state index contributed by atoms with van der Waals surface area (Å²) in [5.41, 5.74) is 4.44. The van der Waals surface area contributed by atoms with E-state index in [1.165, 1.54) is 19.2 Å². The molecule has 26 heavy (non-hydrogen) atoms. The van der Waals surface area contributed by atoms with Crippen molar-refractivity contribution in [3.63, 3.8) is 0 Å². The fourth-order valence-electron chi connectivity index (χ4n) is 4.74. The molecule has 0 radical (unpaired) electrons. The number of ketones is 1. The first-order chi connectivity index (χ1) is 12.4. The lowest BCUT2D eigenvalue weighted by atomic mass is 9.62. The fraction of sp³-hybridized carbons (Fsp3) is 0.500. The van der Waals surface area contributed by atoms with Gasteiger partial charge in [0.25, 0.3) is 0 Å². The number of hydrogen-bond acceptors (Lipinski definition) is 5. The minimum atomic E-state index is -0.574. The first-order valence-electron chi connectivity index (χ1n) is 9.28. The second-order valence-corrected chi connectivity index (χ2v) is 8.81. The smallest absolute Gasteiger partial charge is 0.162 e. The zero-order valence-electron chi connectivity index (χ0n) is 15.4. The van der Waals surface area contributed by atoms with Gasteiger partial charge in [-0.1, -0.05) is 13.8 Å². The van der Waals surface area contributed by atoms with Crippen LogP contribution in [0.4, 0.5) is 5.82 Å². The van der Waals surface area contributed by atoms with Crippen LogP contribution in [-0.2, 0) is 10.2 Å². The van der Waals surface area contributed by atoms with Crippen LogP contribution in [0.25, 0.3) is 0 Å². The second-order valence-electron chi connectivity index (χ2n) is 8.81. The van der Waals surface area contributed by atoms with Crippen molar-refractivity contribution < 1.29 is 4.79 Å². The summed E-state index contributed by atoms with van der Waals surface area (Å²) < 4.78 is 0. The topological polar surface area (TPSA) is 83.6 Å². The number of aromatic nitrogens is 4. The first-order valence-corrected chi connectivity index (χ1v) is 9.28. The number of Topliss-reactive ketones (excluding diaryl/α,β-unsaturated/α-hetero) is 1. The third-order valence-electron chi connectivity index (χ3n) is 6.06. The first kappa shape index (κ1) is 15.7. The summed E-state index contributed by atoms with van der Waals surface area (Å²) in [5, 5.41) is 11.3. The minimum Gasteiger partial charge on any atom is -0.342 e. The molecule has 1 aliphatic heterocycles. The molecule has 0 aromatic carbocycles. The molecule has 1 fully saturated rings. The van der Waals surface area contributed by atoms with Crippen molar-refractivity contribution in [1.29, 1.82) is 0 Å². The predicted molar refractivity (Wildman–Crippen MR) is 97.7 cm³/mol. The van der Waals surface area contributed by atoms with Crippen molar-refractivity contribution in [3.05, 3.63) is 46.8 Å². The van der Waals surface area contributed by atoms with E-state index in [1.807, 2.05) is 12.4 Å². The fourth-order valence-corrected chi connectivity index (χ4v) is 4.74. The highest BCUT2D eigenvalue weighted by atomic mass is 16.1. The van der Waals surface area contributed by atoms with Gasteiger partial charge in [0.2, 0.25) is 0 Å². The van der Waals surface area contributed by atoms with Gasteiger partial charge < -0.3 is 5.32 Å². The van der Waals surface area contributed by atoms with Crippen LogP contribution in [0.3, 0.4) is 0 Å². The molecule has 0 spiro atoms. The number of nitrogens with zero attached hydrogens (tertiary/aromatic N) is 3. The normalized spacial score (nSPS) is 27.0. The molecule has 2 aromatic rings. The summed E-state index contributed by atoms with van der Waals surface area (Å²) in [5.74, 6) is 1.57. The van der Waals surface area contributed by atoms with E-state index in [2.05, 4.69) is 46.3 Å². The van der Waals surface area contributed by atoms with Crippen molar-refractivity contribution in [2.45, 2.75) is 57.8 Å². The Balaban J connectivity index is 1.79. The lowest BCUT2D eigenvalue weighted by Crippen LogP contribution is -2.42. The summed E-state index contributed by atoms with van der Waals surface area (Å²) in [6, 6.07) is 0. The maximum atomic E-state index is 13.3. The van der Waals surface area contributed by atoms with Crippen LogP contribution in [-0.4, -0.2) is 25.9 Å². The Bertz CT molecular complexity index is 938. The van der Waals surface area contributed by atoms with Gasteiger partial charge in [-0.25, -0.2) is 9.97 Å². The number of aromatic amines is 1. The monoisotopic (exact) mass is 349 g/mol. The standard InChI is InChI=1S/C20H23N5O/c1-19(2)6-13-15(14(26)7-19)20(3,12-8-21-10-22-9-12)16-17(11-4-5-11)24-25-18(16)23-13/h8-11H,4-7H2,1-3H3,(H2,23,24,25). The zero-order valence-corrected chi connectivity index (χ0v) is 15.4. The Morgan fingerprint density at radius 1 is 1.12 bits per heavy atom. The quantitative estimate of drug-likeness (QED) is 0.867. The van der Waals surface area contributed by atoms with Crippen molar-refractivity contribution in [3.8, 4) is 0 Å². The van der Waals surface area contributed by atoms with Crippen LogP contribution >= 0.6 is 0 Å². The molecule has 2 N–H and O–H groups in total. The predicted octanol–water partition coefficient (Wildman–Crippen LogP) is 3.45. The number of fused-ring (bicyclic) bond motifs is 1. The number of allylic oxidation sites excluding steroid dienone is 2. The number of H-pyrrole nitrogens is 1. The summed E-state index contributed by atoms with van der Waals surface area (Å²) in [4.78, 5) is 21.8. The van der Waals surface area contributed by atoms with Crippen LogP contribution in [0.2, 0.25) is 0 Å². The van der Waals surface area contributed by atoms with Crippen LogP contribution in [0.1, 0.15) is 69.2 Å². The molecule has 0 bridgehead atoms. The summed E-state index contributed by atoms with van der Waals surface area (Å²) in [6.07, 6.45) is 8.94. The number of nitrogens with one attached hydrogen (secondary N) is 2. The van der Waals surface area contributed by atoms with Gasteiger partial charge in [-0.3, -0.25) is 9.89 Å². The number of rotatable bonds is 2. The van der Waals surface area contributed by atoms with Gasteiger partial charge in [0.1, 0.15) is 6.33 Å². The van der Waals surface area contributed by atoms with E-state index in [1.54, 1.807) is 0 Å². The van der Waals surface area contributed by atoms with E-state index in [0.29, 0.717) is 12.3 Å². The van der Waals surface area contributed by atoms with Gasteiger partial charge in [0.15, 0.2) is 11.6 Å². The van der Waals surface area contributed by atoms with Crippen LogP contribution in [0, 0.1) is 5.41 Å². The number of carbonyl (C=O) groups is 1. The molecule has 6 heteroatoms. The Kier molecular flexibility index (Phi) is 3.04. The molecule has 0 saturated heterocycles. The van der Waals surface area contributed by atoms with E-state index in [4.69, 9.17) is 0 Å². The van der Waals surface area contributed by atoms with Crippen molar-refractivity contribution in [1.82, 2.24) is 20.2 Å². The van der Waals surface area contributed by atoms with Crippen molar-refractivity contribution >= 4 is 11.6 Å². The van der Waals surface area contributed by atoms with Gasteiger partial charge >= 0.3 is 0 Å². The largest absolute Gasteiger partial charge is 0.342 e. The molecule has 5 rings (SSSR count). The number of carbonyl (C=O) groups excluding carboxylic acids is 1. The molecule has 1 saturated carbocycles. The van der Waals surface area contributed by atoms with Crippen molar-refractivity contribution in [2.75, 3.05) is 5.32 Å². The third-order valence-corrected chi connectivity index (χ3v) is 6.06. The van der Waals surface area contributed by atoms with E-state index >= 15 is 0 Å². The zero-order chi connectivity index (χ0) is 18.1. The summed E-state index contributed by atoms with van der Waals surface area (Å²) in [7, 11) is 0. The van der Waals surface area contributed by atoms with Gasteiger partial charge in [0, 0.05) is 52.8 Å². The molecule has 1 atom stereocenters. The molecule has 3 aliphatic rings. The number of hydrogen-bond donors (Lipinski definition) is 2. The average molecular weight is 349 g/mol. The molecule has 0 amide bonds. The molecular weight excluding hydrogens is 326 g/mol.